The second kappa shape index (κ2) is 5.64. The summed E-state index contributed by atoms with van der Waals surface area (Å²) in [7, 11) is 0. The SMILES string of the molecule is CC(C)Oc1ccccc1CN1C(=O)C(=O)c2ccccc21. The van der Waals surface area contributed by atoms with Gasteiger partial charge in [-0.25, -0.2) is 0 Å². The third-order valence-electron chi connectivity index (χ3n) is 3.54. The number of Topliss-reactive ketones (excluding diaryl/α,β-unsaturated/α-hetero) is 1. The van der Waals surface area contributed by atoms with E-state index in [4.69, 9.17) is 4.74 Å². The molecular formula is C18H17NO3. The number of carbonyl (C=O) groups is 2. The van der Waals surface area contributed by atoms with Gasteiger partial charge in [0.05, 0.1) is 23.9 Å². The molecule has 0 aromatic heterocycles. The van der Waals surface area contributed by atoms with Crippen LogP contribution >= 0.6 is 0 Å². The van der Waals surface area contributed by atoms with Crippen LogP contribution < -0.4 is 9.64 Å². The predicted molar refractivity (Wildman–Crippen MR) is 84.2 cm³/mol. The van der Waals surface area contributed by atoms with Crippen molar-refractivity contribution in [1.82, 2.24) is 0 Å². The minimum atomic E-state index is -0.486. The largest absolute Gasteiger partial charge is 0.491 e. The van der Waals surface area contributed by atoms with E-state index in [1.807, 2.05) is 44.2 Å². The maximum absolute atomic E-state index is 12.2. The third kappa shape index (κ3) is 2.48. The normalized spacial score (nSPS) is 13.7. The van der Waals surface area contributed by atoms with Gasteiger partial charge in [-0.1, -0.05) is 30.3 Å². The zero-order valence-corrected chi connectivity index (χ0v) is 12.6. The maximum atomic E-state index is 12.2. The fraction of sp³-hybridized carbons (Fsp3) is 0.222. The summed E-state index contributed by atoms with van der Waals surface area (Å²) in [5.41, 5.74) is 2.01. The summed E-state index contributed by atoms with van der Waals surface area (Å²) in [6.45, 7) is 4.23. The van der Waals surface area contributed by atoms with Crippen LogP contribution in [0.4, 0.5) is 5.69 Å². The van der Waals surface area contributed by atoms with E-state index in [9.17, 15) is 9.59 Å². The first-order valence-corrected chi connectivity index (χ1v) is 7.27. The minimum Gasteiger partial charge on any atom is -0.491 e. The van der Waals surface area contributed by atoms with Crippen LogP contribution in [0.15, 0.2) is 48.5 Å². The van der Waals surface area contributed by atoms with Gasteiger partial charge in [0, 0.05) is 5.56 Å². The molecule has 0 atom stereocenters. The maximum Gasteiger partial charge on any atom is 0.299 e. The Balaban J connectivity index is 1.94. The van der Waals surface area contributed by atoms with Gasteiger partial charge in [-0.3, -0.25) is 9.59 Å². The molecule has 2 aromatic rings. The molecule has 0 radical (unpaired) electrons. The van der Waals surface area contributed by atoms with E-state index < -0.39 is 11.7 Å². The molecule has 4 heteroatoms. The zero-order valence-electron chi connectivity index (χ0n) is 12.6. The van der Waals surface area contributed by atoms with Gasteiger partial charge in [0.1, 0.15) is 5.75 Å². The molecule has 1 amide bonds. The van der Waals surface area contributed by atoms with Crippen LogP contribution in [-0.4, -0.2) is 17.8 Å². The fourth-order valence-electron chi connectivity index (χ4n) is 2.58. The monoisotopic (exact) mass is 295 g/mol. The number of benzene rings is 2. The summed E-state index contributed by atoms with van der Waals surface area (Å²) < 4.78 is 5.78. The van der Waals surface area contributed by atoms with Gasteiger partial charge in [0.2, 0.25) is 0 Å². The number of rotatable bonds is 4. The van der Waals surface area contributed by atoms with Crippen molar-refractivity contribution in [3.63, 3.8) is 0 Å². The Morgan fingerprint density at radius 2 is 1.68 bits per heavy atom. The number of hydrogen-bond donors (Lipinski definition) is 0. The number of amides is 1. The Hall–Kier alpha value is -2.62. The van der Waals surface area contributed by atoms with Crippen molar-refractivity contribution < 1.29 is 14.3 Å². The van der Waals surface area contributed by atoms with Gasteiger partial charge in [-0.2, -0.15) is 0 Å². The molecule has 2 aromatic carbocycles. The lowest BCUT2D eigenvalue weighted by atomic mass is 10.1. The van der Waals surface area contributed by atoms with Crippen molar-refractivity contribution in [1.29, 1.82) is 0 Å². The summed E-state index contributed by atoms with van der Waals surface area (Å²) >= 11 is 0. The molecule has 1 aliphatic rings. The minimum absolute atomic E-state index is 0.0457. The van der Waals surface area contributed by atoms with Crippen molar-refractivity contribution in [2.45, 2.75) is 26.5 Å². The van der Waals surface area contributed by atoms with Crippen molar-refractivity contribution in [2.24, 2.45) is 0 Å². The number of anilines is 1. The number of ether oxygens (including phenoxy) is 1. The summed E-state index contributed by atoms with van der Waals surface area (Å²) in [6, 6.07) is 14.7. The van der Waals surface area contributed by atoms with Crippen LogP contribution in [0.2, 0.25) is 0 Å². The van der Waals surface area contributed by atoms with Crippen molar-refractivity contribution >= 4 is 17.4 Å². The lowest BCUT2D eigenvalue weighted by Crippen LogP contribution is -2.29. The Labute approximate surface area is 129 Å². The van der Waals surface area contributed by atoms with E-state index in [1.165, 1.54) is 4.90 Å². The molecule has 0 spiro atoms. The van der Waals surface area contributed by atoms with Gasteiger partial charge in [0.15, 0.2) is 0 Å². The summed E-state index contributed by atoms with van der Waals surface area (Å²) in [5.74, 6) is -0.194. The second-order valence-electron chi connectivity index (χ2n) is 5.51. The van der Waals surface area contributed by atoms with Gasteiger partial charge in [-0.15, -0.1) is 0 Å². The van der Waals surface area contributed by atoms with E-state index >= 15 is 0 Å². The second-order valence-corrected chi connectivity index (χ2v) is 5.51. The number of para-hydroxylation sites is 2. The molecule has 0 N–H and O–H groups in total. The lowest BCUT2D eigenvalue weighted by Gasteiger charge is -2.20. The molecule has 112 valence electrons. The smallest absolute Gasteiger partial charge is 0.299 e. The van der Waals surface area contributed by atoms with Gasteiger partial charge < -0.3 is 9.64 Å². The van der Waals surface area contributed by atoms with E-state index in [2.05, 4.69) is 0 Å². The van der Waals surface area contributed by atoms with Crippen LogP contribution in [0.5, 0.6) is 5.75 Å². The van der Waals surface area contributed by atoms with E-state index in [1.54, 1.807) is 18.2 Å². The molecule has 0 fully saturated rings. The average Bonchev–Trinajstić information content (AvgIpc) is 2.74. The first kappa shape index (κ1) is 14.3. The Morgan fingerprint density at radius 1 is 1.00 bits per heavy atom. The molecule has 1 heterocycles. The van der Waals surface area contributed by atoms with Crippen molar-refractivity contribution in [2.75, 3.05) is 4.90 Å². The molecule has 0 aliphatic carbocycles. The Morgan fingerprint density at radius 3 is 2.45 bits per heavy atom. The van der Waals surface area contributed by atoms with E-state index in [0.717, 1.165) is 11.3 Å². The number of nitrogens with zero attached hydrogens (tertiary/aromatic N) is 1. The standard InChI is InChI=1S/C18H17NO3/c1-12(2)22-16-10-6-3-7-13(16)11-19-15-9-5-4-8-14(15)17(20)18(19)21/h3-10,12H,11H2,1-2H3. The first-order valence-electron chi connectivity index (χ1n) is 7.27. The molecule has 0 bridgehead atoms. The highest BCUT2D eigenvalue weighted by Gasteiger charge is 2.35. The third-order valence-corrected chi connectivity index (χ3v) is 3.54. The van der Waals surface area contributed by atoms with Crippen LogP contribution in [0, 0.1) is 0 Å². The molecular weight excluding hydrogens is 278 g/mol. The number of ketones is 1. The first-order chi connectivity index (χ1) is 10.6. The van der Waals surface area contributed by atoms with Crippen LogP contribution in [0.1, 0.15) is 29.8 Å². The van der Waals surface area contributed by atoms with Gasteiger partial charge >= 0.3 is 0 Å². The zero-order chi connectivity index (χ0) is 15.7. The summed E-state index contributed by atoms with van der Waals surface area (Å²) in [5, 5.41) is 0. The van der Waals surface area contributed by atoms with Crippen LogP contribution in [-0.2, 0) is 11.3 Å². The predicted octanol–water partition coefficient (Wildman–Crippen LogP) is 3.20. The van der Waals surface area contributed by atoms with Crippen LogP contribution in [0.3, 0.4) is 0 Å². The molecule has 0 unspecified atom stereocenters. The molecule has 3 rings (SSSR count). The molecule has 1 aliphatic heterocycles. The van der Waals surface area contributed by atoms with Crippen molar-refractivity contribution in [3.05, 3.63) is 59.7 Å². The number of fused-ring (bicyclic) bond motifs is 1. The highest BCUT2D eigenvalue weighted by atomic mass is 16.5. The summed E-state index contributed by atoms with van der Waals surface area (Å²) in [4.78, 5) is 25.8. The fourth-order valence-corrected chi connectivity index (χ4v) is 2.58. The summed E-state index contributed by atoms with van der Waals surface area (Å²) in [6.07, 6.45) is 0.0457. The Kier molecular flexibility index (Phi) is 3.67. The van der Waals surface area contributed by atoms with E-state index in [-0.39, 0.29) is 6.10 Å². The van der Waals surface area contributed by atoms with Gasteiger partial charge in [0.25, 0.3) is 11.7 Å². The molecule has 22 heavy (non-hydrogen) atoms. The van der Waals surface area contributed by atoms with E-state index in [0.29, 0.717) is 17.8 Å². The van der Waals surface area contributed by atoms with Gasteiger partial charge in [-0.05, 0) is 32.0 Å². The molecule has 0 saturated carbocycles. The number of hydrogen-bond acceptors (Lipinski definition) is 3. The highest BCUT2D eigenvalue weighted by molar-refractivity contribution is 6.52. The highest BCUT2D eigenvalue weighted by Crippen LogP contribution is 2.31. The Bertz CT molecular complexity index is 737. The average molecular weight is 295 g/mol. The molecule has 4 nitrogen and oxygen atoms in total. The number of carbonyl (C=O) groups excluding carboxylic acids is 2. The van der Waals surface area contributed by atoms with Crippen molar-refractivity contribution in [3.8, 4) is 5.75 Å². The van der Waals surface area contributed by atoms with Crippen LogP contribution in [0.25, 0.3) is 0 Å². The quantitative estimate of drug-likeness (QED) is 0.814. The topological polar surface area (TPSA) is 46.6 Å². The lowest BCUT2D eigenvalue weighted by molar-refractivity contribution is -0.114. The molecule has 0 saturated heterocycles.